The smallest absolute Gasteiger partial charge is 0.338 e. The topological polar surface area (TPSA) is 55.8 Å². The van der Waals surface area contributed by atoms with Crippen LogP contribution in [0.25, 0.3) is 0 Å². The summed E-state index contributed by atoms with van der Waals surface area (Å²) in [7, 11) is 0. The number of esters is 1. The summed E-state index contributed by atoms with van der Waals surface area (Å²) in [4.78, 5) is 26.5. The molecule has 3 rings (SSSR count). The predicted molar refractivity (Wildman–Crippen MR) is 112 cm³/mol. The number of thioether (sulfide) groups is 1. The molecule has 1 saturated heterocycles. The van der Waals surface area contributed by atoms with Crippen LogP contribution in [-0.4, -0.2) is 37.4 Å². The molecule has 0 N–H and O–H groups in total. The maximum Gasteiger partial charge on any atom is 0.338 e. The number of rotatable bonds is 8. The summed E-state index contributed by atoms with van der Waals surface area (Å²) >= 11 is 1.50. The molecule has 1 aliphatic rings. The standard InChI is InChI=1S/C22H24FNO4S/c1-3-10-27-11-12-28-22(26)17-6-9-19(15(2)13-17)24-20(25)14-29-21(24)16-4-7-18(23)8-5-16/h4-9,13,21H,3,10-12,14H2,1-2H3. The van der Waals surface area contributed by atoms with Gasteiger partial charge in [-0.25, -0.2) is 9.18 Å². The molecule has 5 nitrogen and oxygen atoms in total. The summed E-state index contributed by atoms with van der Waals surface area (Å²) in [6.07, 6.45) is 0.918. The molecule has 0 aliphatic carbocycles. The van der Waals surface area contributed by atoms with E-state index in [1.54, 1.807) is 35.2 Å². The molecule has 29 heavy (non-hydrogen) atoms. The lowest BCUT2D eigenvalue weighted by molar-refractivity contribution is -0.115. The van der Waals surface area contributed by atoms with Gasteiger partial charge in [0.1, 0.15) is 17.8 Å². The Morgan fingerprint density at radius 2 is 1.93 bits per heavy atom. The zero-order chi connectivity index (χ0) is 20.8. The first-order valence-electron chi connectivity index (χ1n) is 9.56. The lowest BCUT2D eigenvalue weighted by Crippen LogP contribution is -2.28. The number of anilines is 1. The average molecular weight is 418 g/mol. The van der Waals surface area contributed by atoms with Crippen molar-refractivity contribution in [3.8, 4) is 0 Å². The monoisotopic (exact) mass is 417 g/mol. The molecule has 2 aromatic rings. The van der Waals surface area contributed by atoms with Gasteiger partial charge in [-0.2, -0.15) is 0 Å². The van der Waals surface area contributed by atoms with Gasteiger partial charge in [0.2, 0.25) is 5.91 Å². The molecule has 2 aromatic carbocycles. The maximum absolute atomic E-state index is 13.3. The fourth-order valence-corrected chi connectivity index (χ4v) is 4.30. The van der Waals surface area contributed by atoms with Crippen molar-refractivity contribution in [1.82, 2.24) is 0 Å². The van der Waals surface area contributed by atoms with Crippen molar-refractivity contribution in [2.75, 3.05) is 30.5 Å². The zero-order valence-electron chi connectivity index (χ0n) is 16.5. The number of ether oxygens (including phenoxy) is 2. The van der Waals surface area contributed by atoms with Crippen molar-refractivity contribution >= 4 is 29.3 Å². The highest BCUT2D eigenvalue weighted by atomic mass is 32.2. The number of hydrogen-bond donors (Lipinski definition) is 0. The molecule has 0 saturated carbocycles. The lowest BCUT2D eigenvalue weighted by atomic mass is 10.1. The van der Waals surface area contributed by atoms with Crippen molar-refractivity contribution < 1.29 is 23.5 Å². The molecule has 1 fully saturated rings. The molecule has 0 spiro atoms. The van der Waals surface area contributed by atoms with E-state index >= 15 is 0 Å². The number of aryl methyl sites for hydroxylation is 1. The Balaban J connectivity index is 1.73. The van der Waals surface area contributed by atoms with Gasteiger partial charge in [0.15, 0.2) is 0 Å². The molecular formula is C22H24FNO4S. The third-order valence-corrected chi connectivity index (χ3v) is 5.74. The van der Waals surface area contributed by atoms with Crippen LogP contribution in [0.5, 0.6) is 0 Å². The Bertz CT molecular complexity index is 872. The Kier molecular flexibility index (Phi) is 7.28. The van der Waals surface area contributed by atoms with Crippen molar-refractivity contribution in [2.24, 2.45) is 0 Å². The second-order valence-corrected chi connectivity index (χ2v) is 7.80. The number of hydrogen-bond acceptors (Lipinski definition) is 5. The van der Waals surface area contributed by atoms with Gasteiger partial charge in [-0.3, -0.25) is 9.69 Å². The molecular weight excluding hydrogens is 393 g/mol. The minimum Gasteiger partial charge on any atom is -0.460 e. The van der Waals surface area contributed by atoms with Crippen molar-refractivity contribution in [2.45, 2.75) is 25.6 Å². The molecule has 154 valence electrons. The summed E-state index contributed by atoms with van der Waals surface area (Å²) in [6, 6.07) is 11.3. The van der Waals surface area contributed by atoms with E-state index in [0.717, 1.165) is 23.2 Å². The normalized spacial score (nSPS) is 16.3. The molecule has 1 amide bonds. The Morgan fingerprint density at radius 3 is 2.62 bits per heavy atom. The van der Waals surface area contributed by atoms with E-state index in [4.69, 9.17) is 9.47 Å². The second-order valence-electron chi connectivity index (χ2n) is 6.73. The van der Waals surface area contributed by atoms with Gasteiger partial charge in [0.25, 0.3) is 0 Å². The number of halogens is 1. The second kappa shape index (κ2) is 9.89. The van der Waals surface area contributed by atoms with Crippen LogP contribution in [0, 0.1) is 12.7 Å². The van der Waals surface area contributed by atoms with Crippen LogP contribution in [0.4, 0.5) is 10.1 Å². The Hall–Kier alpha value is -2.38. The van der Waals surface area contributed by atoms with Gasteiger partial charge in [-0.1, -0.05) is 19.1 Å². The van der Waals surface area contributed by atoms with Gasteiger partial charge in [-0.05, 0) is 54.8 Å². The number of carbonyl (C=O) groups is 2. The quantitative estimate of drug-likeness (QED) is 0.468. The maximum atomic E-state index is 13.3. The summed E-state index contributed by atoms with van der Waals surface area (Å²) in [5, 5.41) is -0.227. The molecule has 1 aliphatic heterocycles. The Labute approximate surface area is 174 Å². The molecule has 0 radical (unpaired) electrons. The molecule has 1 unspecified atom stereocenters. The van der Waals surface area contributed by atoms with Crippen molar-refractivity contribution in [3.05, 3.63) is 65.0 Å². The van der Waals surface area contributed by atoms with E-state index in [1.807, 2.05) is 13.8 Å². The molecule has 1 heterocycles. The minimum atomic E-state index is -0.419. The van der Waals surface area contributed by atoms with Gasteiger partial charge >= 0.3 is 5.97 Å². The SMILES string of the molecule is CCCOCCOC(=O)c1ccc(N2C(=O)CSC2c2ccc(F)cc2)c(C)c1. The van der Waals surface area contributed by atoms with Crippen LogP contribution in [-0.2, 0) is 14.3 Å². The van der Waals surface area contributed by atoms with Gasteiger partial charge in [0.05, 0.1) is 17.9 Å². The highest BCUT2D eigenvalue weighted by Gasteiger charge is 2.35. The number of nitrogens with zero attached hydrogens (tertiary/aromatic N) is 1. The van der Waals surface area contributed by atoms with E-state index in [2.05, 4.69) is 0 Å². The molecule has 0 aromatic heterocycles. The summed E-state index contributed by atoms with van der Waals surface area (Å²) in [5.41, 5.74) is 2.82. The largest absolute Gasteiger partial charge is 0.460 e. The van der Waals surface area contributed by atoms with E-state index in [1.165, 1.54) is 23.9 Å². The molecule has 1 atom stereocenters. The van der Waals surface area contributed by atoms with E-state index < -0.39 is 5.97 Å². The number of carbonyl (C=O) groups excluding carboxylic acids is 2. The van der Waals surface area contributed by atoms with Gasteiger partial charge in [-0.15, -0.1) is 11.8 Å². The van der Waals surface area contributed by atoms with Crippen LogP contribution in [0.3, 0.4) is 0 Å². The number of amides is 1. The van der Waals surface area contributed by atoms with Crippen molar-refractivity contribution in [1.29, 1.82) is 0 Å². The van der Waals surface area contributed by atoms with Gasteiger partial charge in [0, 0.05) is 12.3 Å². The first kappa shape index (κ1) is 21.3. The third-order valence-electron chi connectivity index (χ3n) is 4.52. The van der Waals surface area contributed by atoms with E-state index in [9.17, 15) is 14.0 Å². The summed E-state index contributed by atoms with van der Waals surface area (Å²) in [5.74, 6) is -0.398. The Morgan fingerprint density at radius 1 is 1.17 bits per heavy atom. The summed E-state index contributed by atoms with van der Waals surface area (Å²) in [6.45, 7) is 5.08. The lowest BCUT2D eigenvalue weighted by Gasteiger charge is -2.26. The van der Waals surface area contributed by atoms with Crippen LogP contribution in [0.2, 0.25) is 0 Å². The third kappa shape index (κ3) is 5.16. The van der Waals surface area contributed by atoms with Crippen LogP contribution in [0.1, 0.15) is 40.2 Å². The van der Waals surface area contributed by atoms with E-state index in [-0.39, 0.29) is 23.7 Å². The average Bonchev–Trinajstić information content (AvgIpc) is 3.09. The fraction of sp³-hybridized carbons (Fsp3) is 0.364. The van der Waals surface area contributed by atoms with Gasteiger partial charge < -0.3 is 9.47 Å². The molecule has 0 bridgehead atoms. The molecule has 7 heteroatoms. The first-order chi connectivity index (χ1) is 14.0. The van der Waals surface area contributed by atoms with Crippen LogP contribution < -0.4 is 4.90 Å². The highest BCUT2D eigenvalue weighted by Crippen LogP contribution is 2.42. The van der Waals surface area contributed by atoms with E-state index in [0.29, 0.717) is 24.5 Å². The first-order valence-corrected chi connectivity index (χ1v) is 10.6. The zero-order valence-corrected chi connectivity index (χ0v) is 17.3. The van der Waals surface area contributed by atoms with Crippen LogP contribution in [0.15, 0.2) is 42.5 Å². The number of benzene rings is 2. The van der Waals surface area contributed by atoms with Crippen LogP contribution >= 0.6 is 11.8 Å². The highest BCUT2D eigenvalue weighted by molar-refractivity contribution is 8.00. The minimum absolute atomic E-state index is 0.0178. The summed E-state index contributed by atoms with van der Waals surface area (Å²) < 4.78 is 23.8. The van der Waals surface area contributed by atoms with Crippen molar-refractivity contribution in [3.63, 3.8) is 0 Å². The predicted octanol–water partition coefficient (Wildman–Crippen LogP) is 4.50. The fourth-order valence-electron chi connectivity index (χ4n) is 3.13.